The van der Waals surface area contributed by atoms with E-state index in [4.69, 9.17) is 0 Å². The number of hydrogen-bond donors (Lipinski definition) is 1. The summed E-state index contributed by atoms with van der Waals surface area (Å²) in [6.45, 7) is 4.50. The normalized spacial score (nSPS) is 18.5. The molecule has 1 fully saturated rings. The van der Waals surface area contributed by atoms with Gasteiger partial charge in [-0.1, -0.05) is 13.8 Å². The molecule has 1 N–H and O–H groups in total. The molecule has 0 bridgehead atoms. The molecule has 1 atom stereocenters. The van der Waals surface area contributed by atoms with Crippen LogP contribution in [0.15, 0.2) is 24.3 Å². The summed E-state index contributed by atoms with van der Waals surface area (Å²) in [5.74, 6) is 0.0810. The molecule has 0 aromatic heterocycles. The Labute approximate surface area is 125 Å². The first kappa shape index (κ1) is 15.4. The number of anilines is 2. The largest absolute Gasteiger partial charge is 0.378 e. The van der Waals surface area contributed by atoms with E-state index in [0.29, 0.717) is 6.54 Å². The highest BCUT2D eigenvalue weighted by Crippen LogP contribution is 2.21. The van der Waals surface area contributed by atoms with Gasteiger partial charge in [0.1, 0.15) is 6.04 Å². The van der Waals surface area contributed by atoms with E-state index in [9.17, 15) is 9.59 Å². The van der Waals surface area contributed by atoms with Crippen molar-refractivity contribution >= 4 is 23.2 Å². The minimum absolute atomic E-state index is 0.0869. The van der Waals surface area contributed by atoms with Crippen molar-refractivity contribution in [1.82, 2.24) is 4.90 Å². The molecule has 2 rings (SSSR count). The van der Waals surface area contributed by atoms with Gasteiger partial charge in [-0.2, -0.15) is 0 Å². The molecular weight excluding hydrogens is 266 g/mol. The number of amides is 2. The average molecular weight is 289 g/mol. The van der Waals surface area contributed by atoms with Crippen LogP contribution < -0.4 is 10.2 Å². The summed E-state index contributed by atoms with van der Waals surface area (Å²) in [4.78, 5) is 27.6. The fourth-order valence-corrected chi connectivity index (χ4v) is 2.41. The number of nitrogens with zero attached hydrogens (tertiary/aromatic N) is 2. The summed E-state index contributed by atoms with van der Waals surface area (Å²) in [5.41, 5.74) is 1.95. The fourth-order valence-electron chi connectivity index (χ4n) is 2.41. The number of imide groups is 1. The van der Waals surface area contributed by atoms with Crippen LogP contribution in [-0.4, -0.2) is 43.4 Å². The second-order valence-electron chi connectivity index (χ2n) is 6.08. The van der Waals surface area contributed by atoms with Crippen LogP contribution in [0.5, 0.6) is 0 Å². The molecule has 0 spiro atoms. The molecule has 0 saturated carbocycles. The van der Waals surface area contributed by atoms with E-state index in [1.807, 2.05) is 57.1 Å². The van der Waals surface area contributed by atoms with Gasteiger partial charge in [-0.05, 0) is 30.2 Å². The lowest BCUT2D eigenvalue weighted by atomic mass is 10.2. The van der Waals surface area contributed by atoms with Crippen molar-refractivity contribution in [2.24, 2.45) is 5.92 Å². The summed E-state index contributed by atoms with van der Waals surface area (Å²) in [5, 5.41) is 3.16. The number of hydrogen-bond acceptors (Lipinski definition) is 4. The first-order valence-electron chi connectivity index (χ1n) is 7.26. The lowest BCUT2D eigenvalue weighted by molar-refractivity contribution is -0.139. The van der Waals surface area contributed by atoms with Crippen molar-refractivity contribution in [3.05, 3.63) is 24.3 Å². The van der Waals surface area contributed by atoms with Gasteiger partial charge in [-0.15, -0.1) is 0 Å². The summed E-state index contributed by atoms with van der Waals surface area (Å²) >= 11 is 0. The number of benzene rings is 1. The summed E-state index contributed by atoms with van der Waals surface area (Å²) in [7, 11) is 3.96. The topological polar surface area (TPSA) is 52.7 Å². The Morgan fingerprint density at radius 1 is 1.24 bits per heavy atom. The third-order valence-corrected chi connectivity index (χ3v) is 3.52. The smallest absolute Gasteiger partial charge is 0.252 e. The van der Waals surface area contributed by atoms with Crippen molar-refractivity contribution in [2.75, 3.05) is 30.9 Å². The highest BCUT2D eigenvalue weighted by Gasteiger charge is 2.38. The zero-order valence-electron chi connectivity index (χ0n) is 13.1. The Kier molecular flexibility index (Phi) is 4.50. The predicted octanol–water partition coefficient (Wildman–Crippen LogP) is 1.95. The van der Waals surface area contributed by atoms with E-state index in [0.717, 1.165) is 11.4 Å². The van der Waals surface area contributed by atoms with Gasteiger partial charge < -0.3 is 10.2 Å². The van der Waals surface area contributed by atoms with Gasteiger partial charge in [0.05, 0.1) is 6.42 Å². The number of nitrogens with one attached hydrogen (secondary N) is 1. The number of carbonyl (C=O) groups excluding carboxylic acids is 2. The van der Waals surface area contributed by atoms with E-state index < -0.39 is 6.04 Å². The average Bonchev–Trinajstić information content (AvgIpc) is 2.67. The maximum Gasteiger partial charge on any atom is 0.252 e. The lowest BCUT2D eigenvalue weighted by Gasteiger charge is -2.18. The van der Waals surface area contributed by atoms with Crippen molar-refractivity contribution in [3.8, 4) is 0 Å². The van der Waals surface area contributed by atoms with Crippen LogP contribution in [0.3, 0.4) is 0 Å². The zero-order valence-corrected chi connectivity index (χ0v) is 13.1. The maximum absolute atomic E-state index is 12.3. The van der Waals surface area contributed by atoms with Gasteiger partial charge in [0, 0.05) is 32.0 Å². The second kappa shape index (κ2) is 6.16. The molecular formula is C16H23N3O2. The van der Waals surface area contributed by atoms with E-state index in [1.165, 1.54) is 4.90 Å². The number of carbonyl (C=O) groups is 2. The van der Waals surface area contributed by atoms with Crippen molar-refractivity contribution in [2.45, 2.75) is 26.3 Å². The van der Waals surface area contributed by atoms with Gasteiger partial charge in [-0.3, -0.25) is 14.5 Å². The van der Waals surface area contributed by atoms with Crippen LogP contribution >= 0.6 is 0 Å². The molecule has 0 radical (unpaired) electrons. The third-order valence-electron chi connectivity index (χ3n) is 3.52. The second-order valence-corrected chi connectivity index (χ2v) is 6.08. The van der Waals surface area contributed by atoms with Crippen LogP contribution in [0.1, 0.15) is 20.3 Å². The molecule has 1 unspecified atom stereocenters. The maximum atomic E-state index is 12.3. The highest BCUT2D eigenvalue weighted by atomic mass is 16.2. The molecule has 1 aliphatic rings. The quantitative estimate of drug-likeness (QED) is 0.842. The van der Waals surface area contributed by atoms with Gasteiger partial charge in [0.2, 0.25) is 5.91 Å². The Morgan fingerprint density at radius 2 is 1.86 bits per heavy atom. The molecule has 1 aromatic carbocycles. The lowest BCUT2D eigenvalue weighted by Crippen LogP contribution is -2.37. The van der Waals surface area contributed by atoms with Gasteiger partial charge >= 0.3 is 0 Å². The molecule has 1 aliphatic heterocycles. The first-order chi connectivity index (χ1) is 9.88. The molecule has 1 heterocycles. The van der Waals surface area contributed by atoms with E-state index in [2.05, 4.69) is 5.32 Å². The van der Waals surface area contributed by atoms with E-state index in [-0.39, 0.29) is 24.2 Å². The third kappa shape index (κ3) is 3.54. The van der Waals surface area contributed by atoms with Crippen LogP contribution in [0.25, 0.3) is 0 Å². The Morgan fingerprint density at radius 3 is 2.38 bits per heavy atom. The SMILES string of the molecule is CC(C)CN1C(=O)CC(Nc2ccc(N(C)C)cc2)C1=O. The molecule has 21 heavy (non-hydrogen) atoms. The van der Waals surface area contributed by atoms with Gasteiger partial charge in [0.15, 0.2) is 0 Å². The number of rotatable bonds is 5. The van der Waals surface area contributed by atoms with E-state index >= 15 is 0 Å². The fraction of sp³-hybridized carbons (Fsp3) is 0.500. The Balaban J connectivity index is 2.03. The number of likely N-dealkylation sites (tertiary alicyclic amines) is 1. The van der Waals surface area contributed by atoms with Crippen molar-refractivity contribution in [1.29, 1.82) is 0 Å². The standard InChI is InChI=1S/C16H23N3O2/c1-11(2)10-19-15(20)9-14(16(19)21)17-12-5-7-13(8-6-12)18(3)4/h5-8,11,14,17H,9-10H2,1-4H3. The van der Waals surface area contributed by atoms with E-state index in [1.54, 1.807) is 0 Å². The highest BCUT2D eigenvalue weighted by molar-refractivity contribution is 6.06. The van der Waals surface area contributed by atoms with Crippen LogP contribution in [0, 0.1) is 5.92 Å². The Hall–Kier alpha value is -2.04. The molecule has 114 valence electrons. The summed E-state index contributed by atoms with van der Waals surface area (Å²) in [6.07, 6.45) is 0.237. The molecule has 0 aliphatic carbocycles. The van der Waals surface area contributed by atoms with Crippen molar-refractivity contribution < 1.29 is 9.59 Å². The predicted molar refractivity (Wildman–Crippen MR) is 84.4 cm³/mol. The molecule has 5 heteroatoms. The van der Waals surface area contributed by atoms with Crippen LogP contribution in [0.4, 0.5) is 11.4 Å². The summed E-state index contributed by atoms with van der Waals surface area (Å²) in [6, 6.07) is 7.38. The first-order valence-corrected chi connectivity index (χ1v) is 7.26. The minimum Gasteiger partial charge on any atom is -0.378 e. The van der Waals surface area contributed by atoms with Crippen LogP contribution in [0.2, 0.25) is 0 Å². The minimum atomic E-state index is -0.443. The molecule has 1 saturated heterocycles. The van der Waals surface area contributed by atoms with Crippen molar-refractivity contribution in [3.63, 3.8) is 0 Å². The molecule has 5 nitrogen and oxygen atoms in total. The monoisotopic (exact) mass is 289 g/mol. The van der Waals surface area contributed by atoms with Gasteiger partial charge in [0.25, 0.3) is 5.91 Å². The van der Waals surface area contributed by atoms with Gasteiger partial charge in [-0.25, -0.2) is 0 Å². The zero-order chi connectivity index (χ0) is 15.6. The molecule has 2 amide bonds. The molecule has 1 aromatic rings. The van der Waals surface area contributed by atoms with Crippen LogP contribution in [-0.2, 0) is 9.59 Å². The Bertz CT molecular complexity index is 523. The summed E-state index contributed by atoms with van der Waals surface area (Å²) < 4.78 is 0.